The number of carbonyl (C=O) groups excluding carboxylic acids is 1. The van der Waals surface area contributed by atoms with Gasteiger partial charge in [0.15, 0.2) is 5.03 Å². The molecule has 0 saturated heterocycles. The summed E-state index contributed by atoms with van der Waals surface area (Å²) in [5.41, 5.74) is 18.1. The second-order valence-corrected chi connectivity index (χ2v) is 5.13. The minimum absolute atomic E-state index is 0.0238. The van der Waals surface area contributed by atoms with Crippen LogP contribution in [0.1, 0.15) is 24.0 Å². The molecule has 1 rings (SSSR count). The van der Waals surface area contributed by atoms with Crippen LogP contribution in [0.5, 0.6) is 0 Å². The lowest BCUT2D eigenvalue weighted by atomic mass is 10.1. The van der Waals surface area contributed by atoms with Crippen LogP contribution in [0, 0.1) is 10.1 Å². The van der Waals surface area contributed by atoms with Crippen molar-refractivity contribution in [3.63, 3.8) is 0 Å². The molecule has 10 nitrogen and oxygen atoms in total. The van der Waals surface area contributed by atoms with Gasteiger partial charge in [-0.3, -0.25) is 9.69 Å². The molecule has 0 aromatic heterocycles. The van der Waals surface area contributed by atoms with E-state index < -0.39 is 22.9 Å². The first-order chi connectivity index (χ1) is 11.4. The number of benzene rings is 1. The van der Waals surface area contributed by atoms with Gasteiger partial charge in [0.2, 0.25) is 5.91 Å². The van der Waals surface area contributed by atoms with Crippen LogP contribution in [0.4, 0.5) is 0 Å². The van der Waals surface area contributed by atoms with Crippen molar-refractivity contribution >= 4 is 11.9 Å². The van der Waals surface area contributed by atoms with Gasteiger partial charge in [-0.05, 0) is 30.5 Å². The summed E-state index contributed by atoms with van der Waals surface area (Å²) in [6.45, 7) is 0.240. The fraction of sp³-hybridized carbons (Fsp3) is 0.429. The van der Waals surface area contributed by atoms with E-state index in [-0.39, 0.29) is 13.2 Å². The molecular weight excluding hydrogens is 316 g/mol. The predicted molar refractivity (Wildman–Crippen MR) is 87.8 cm³/mol. The quantitative estimate of drug-likeness (QED) is 0.205. The molecule has 0 bridgehead atoms. The third-order valence-corrected chi connectivity index (χ3v) is 3.31. The van der Waals surface area contributed by atoms with Crippen LogP contribution < -0.4 is 17.2 Å². The van der Waals surface area contributed by atoms with Crippen LogP contribution in [0.25, 0.3) is 0 Å². The lowest BCUT2D eigenvalue weighted by molar-refractivity contribution is -0.485. The Labute approximate surface area is 139 Å². The summed E-state index contributed by atoms with van der Waals surface area (Å²) in [7, 11) is 0. The lowest BCUT2D eigenvalue weighted by Crippen LogP contribution is -2.49. The molecule has 0 aliphatic rings. The molecule has 0 unspecified atom stereocenters. The van der Waals surface area contributed by atoms with Crippen molar-refractivity contribution < 1.29 is 14.9 Å². The fourth-order valence-electron chi connectivity index (χ4n) is 2.00. The molecule has 1 amide bonds. The van der Waals surface area contributed by atoms with Crippen molar-refractivity contribution in [2.75, 3.05) is 6.54 Å². The number of aliphatic hydroxyl groups excluding tert-OH is 1. The number of carbonyl (C=O) groups is 1. The number of nitro groups is 1. The standard InChI is InChI=1S/C14H22N6O4/c15-7-1-2-12(16)13(22)19(14(17)18-20(23)24)8-10-3-5-11(9-21)6-4-10/h3-6,12,21H,1-2,7-9,15-16H2,(H2,17,18)/t12-/m1/s1. The molecular formula is C14H22N6O4. The second-order valence-electron chi connectivity index (χ2n) is 5.13. The molecule has 0 aliphatic carbocycles. The van der Waals surface area contributed by atoms with Crippen molar-refractivity contribution in [3.05, 3.63) is 45.5 Å². The van der Waals surface area contributed by atoms with E-state index in [2.05, 4.69) is 5.10 Å². The Morgan fingerprint density at radius 1 is 1.33 bits per heavy atom. The third-order valence-electron chi connectivity index (χ3n) is 3.31. The largest absolute Gasteiger partial charge is 0.392 e. The van der Waals surface area contributed by atoms with Gasteiger partial charge in [-0.1, -0.05) is 24.3 Å². The monoisotopic (exact) mass is 338 g/mol. The number of amides is 1. The fourth-order valence-corrected chi connectivity index (χ4v) is 2.00. The Morgan fingerprint density at radius 3 is 2.42 bits per heavy atom. The topological polar surface area (TPSA) is 174 Å². The van der Waals surface area contributed by atoms with E-state index in [0.717, 1.165) is 4.90 Å². The molecule has 10 heteroatoms. The number of aliphatic hydroxyl groups is 1. The minimum Gasteiger partial charge on any atom is -0.392 e. The van der Waals surface area contributed by atoms with Gasteiger partial charge >= 0.3 is 0 Å². The summed E-state index contributed by atoms with van der Waals surface area (Å²) >= 11 is 0. The van der Waals surface area contributed by atoms with Crippen molar-refractivity contribution in [2.45, 2.75) is 32.0 Å². The van der Waals surface area contributed by atoms with Crippen LogP contribution in [0.15, 0.2) is 29.4 Å². The average molecular weight is 338 g/mol. The first-order valence-electron chi connectivity index (χ1n) is 7.33. The maximum Gasteiger partial charge on any atom is 0.275 e. The zero-order valence-electron chi connectivity index (χ0n) is 13.2. The van der Waals surface area contributed by atoms with E-state index in [1.807, 2.05) is 0 Å². The van der Waals surface area contributed by atoms with Gasteiger partial charge in [0.05, 0.1) is 19.2 Å². The molecule has 0 saturated carbocycles. The molecule has 0 radical (unpaired) electrons. The Hall–Kier alpha value is -2.56. The maximum absolute atomic E-state index is 12.4. The van der Waals surface area contributed by atoms with Crippen LogP contribution in [-0.4, -0.2) is 39.5 Å². The van der Waals surface area contributed by atoms with E-state index in [4.69, 9.17) is 22.3 Å². The number of nitrogens with zero attached hydrogens (tertiary/aromatic N) is 3. The summed E-state index contributed by atoms with van der Waals surface area (Å²) in [5.74, 6) is -1.11. The van der Waals surface area contributed by atoms with Crippen molar-refractivity contribution in [2.24, 2.45) is 22.3 Å². The number of hydrogen-bond donors (Lipinski definition) is 4. The lowest BCUT2D eigenvalue weighted by Gasteiger charge is -2.23. The van der Waals surface area contributed by atoms with Gasteiger partial charge in [0.25, 0.3) is 5.96 Å². The normalized spacial score (nSPS) is 12.7. The Balaban J connectivity index is 2.99. The summed E-state index contributed by atoms with van der Waals surface area (Å²) in [6.07, 6.45) is 0.874. The molecule has 24 heavy (non-hydrogen) atoms. The van der Waals surface area contributed by atoms with Crippen LogP contribution in [0.2, 0.25) is 0 Å². The summed E-state index contributed by atoms with van der Waals surface area (Å²) in [4.78, 5) is 23.9. The number of guanidine groups is 1. The zero-order valence-corrected chi connectivity index (χ0v) is 13.2. The highest BCUT2D eigenvalue weighted by molar-refractivity contribution is 5.98. The zero-order chi connectivity index (χ0) is 18.1. The van der Waals surface area contributed by atoms with Crippen molar-refractivity contribution in [1.82, 2.24) is 4.90 Å². The summed E-state index contributed by atoms with van der Waals surface area (Å²) in [6, 6.07) is 5.82. The minimum atomic E-state index is -0.976. The number of hydrogen-bond acceptors (Lipinski definition) is 6. The molecule has 1 aromatic carbocycles. The van der Waals surface area contributed by atoms with Gasteiger partial charge in [0, 0.05) is 0 Å². The summed E-state index contributed by atoms with van der Waals surface area (Å²) in [5, 5.41) is 21.6. The van der Waals surface area contributed by atoms with Crippen LogP contribution >= 0.6 is 0 Å². The van der Waals surface area contributed by atoms with Crippen molar-refractivity contribution in [3.8, 4) is 0 Å². The molecule has 132 valence electrons. The predicted octanol–water partition coefficient (Wildman–Crippen LogP) is -0.920. The second kappa shape index (κ2) is 9.55. The highest BCUT2D eigenvalue weighted by Gasteiger charge is 2.25. The molecule has 7 N–H and O–H groups in total. The SMILES string of the molecule is NCCC[C@@H](N)C(=O)N(Cc1ccc(CO)cc1)/C(N)=N\[N+](=O)[O-]. The number of rotatable bonds is 8. The Morgan fingerprint density at radius 2 is 1.92 bits per heavy atom. The van der Waals surface area contributed by atoms with E-state index in [1.165, 1.54) is 0 Å². The van der Waals surface area contributed by atoms with Crippen molar-refractivity contribution in [1.29, 1.82) is 0 Å². The van der Waals surface area contributed by atoms with Crippen LogP contribution in [-0.2, 0) is 17.9 Å². The molecule has 1 atom stereocenters. The van der Waals surface area contributed by atoms with Gasteiger partial charge in [-0.2, -0.15) is 0 Å². The maximum atomic E-state index is 12.4. The molecule has 0 heterocycles. The van der Waals surface area contributed by atoms with E-state index >= 15 is 0 Å². The van der Waals surface area contributed by atoms with Gasteiger partial charge in [-0.25, -0.2) is 10.1 Å². The van der Waals surface area contributed by atoms with Gasteiger partial charge < -0.3 is 22.3 Å². The molecule has 1 aromatic rings. The number of nitrogens with two attached hydrogens (primary N) is 3. The third kappa shape index (κ3) is 5.91. The highest BCUT2D eigenvalue weighted by Crippen LogP contribution is 2.10. The average Bonchev–Trinajstić information content (AvgIpc) is 2.56. The van der Waals surface area contributed by atoms with Gasteiger partial charge in [-0.15, -0.1) is 0 Å². The molecule has 0 fully saturated rings. The first-order valence-corrected chi connectivity index (χ1v) is 7.33. The molecule has 0 spiro atoms. The number of hydrazone groups is 1. The molecule has 0 aliphatic heterocycles. The van der Waals surface area contributed by atoms with Crippen LogP contribution in [0.3, 0.4) is 0 Å². The van der Waals surface area contributed by atoms with E-state index in [0.29, 0.717) is 30.5 Å². The first kappa shape index (κ1) is 19.5. The van der Waals surface area contributed by atoms with E-state index in [9.17, 15) is 14.9 Å². The van der Waals surface area contributed by atoms with E-state index in [1.54, 1.807) is 24.3 Å². The van der Waals surface area contributed by atoms with Gasteiger partial charge in [0.1, 0.15) is 5.10 Å². The smallest absolute Gasteiger partial charge is 0.275 e. The Bertz CT molecular complexity index is 589. The summed E-state index contributed by atoms with van der Waals surface area (Å²) < 4.78 is 0. The Kier molecular flexibility index (Phi) is 7.75. The highest BCUT2D eigenvalue weighted by atomic mass is 16.7.